The molecule has 39 heavy (non-hydrogen) atoms. The molecule has 3 aromatic carbocycles. The van der Waals surface area contributed by atoms with Gasteiger partial charge >= 0.3 is 0 Å². The number of nitrogens with zero attached hydrogens (tertiary/aromatic N) is 3. The first-order chi connectivity index (χ1) is 18.7. The summed E-state index contributed by atoms with van der Waals surface area (Å²) in [5, 5.41) is 5.99. The SMILES string of the molecule is COc1ccc(C2CC(c3ccc(N(C(C)=O)S(=O)(=O)c4ccc5c(c4)OCCO5)cc3)=NN2C(C)=O)cc1. The van der Waals surface area contributed by atoms with E-state index in [0.717, 1.165) is 9.87 Å². The highest BCUT2D eigenvalue weighted by molar-refractivity contribution is 7.93. The molecule has 1 atom stereocenters. The van der Waals surface area contributed by atoms with Crippen molar-refractivity contribution in [2.45, 2.75) is 31.2 Å². The first-order valence-corrected chi connectivity index (χ1v) is 13.7. The predicted molar refractivity (Wildman–Crippen MR) is 144 cm³/mol. The Bertz CT molecular complexity index is 1550. The largest absolute Gasteiger partial charge is 0.497 e. The Morgan fingerprint density at radius 2 is 1.62 bits per heavy atom. The quantitative estimate of drug-likeness (QED) is 0.458. The predicted octanol–water partition coefficient (Wildman–Crippen LogP) is 3.91. The van der Waals surface area contributed by atoms with Crippen molar-refractivity contribution in [3.05, 3.63) is 77.9 Å². The zero-order chi connectivity index (χ0) is 27.7. The molecule has 0 aromatic heterocycles. The van der Waals surface area contributed by atoms with Crippen LogP contribution in [-0.4, -0.2) is 51.3 Å². The average molecular weight is 550 g/mol. The normalized spacial score (nSPS) is 16.4. The van der Waals surface area contributed by atoms with Gasteiger partial charge in [-0.25, -0.2) is 17.7 Å². The van der Waals surface area contributed by atoms with E-state index in [9.17, 15) is 18.0 Å². The van der Waals surface area contributed by atoms with Crippen molar-refractivity contribution in [1.29, 1.82) is 0 Å². The van der Waals surface area contributed by atoms with Gasteiger partial charge in [-0.3, -0.25) is 9.59 Å². The fraction of sp³-hybridized carbons (Fsp3) is 0.250. The number of ether oxygens (including phenoxy) is 3. The van der Waals surface area contributed by atoms with Crippen LogP contribution in [0.15, 0.2) is 76.7 Å². The first-order valence-electron chi connectivity index (χ1n) is 12.3. The molecule has 0 fully saturated rings. The summed E-state index contributed by atoms with van der Waals surface area (Å²) in [5.74, 6) is 0.601. The molecule has 0 radical (unpaired) electrons. The monoisotopic (exact) mass is 549 g/mol. The fourth-order valence-corrected chi connectivity index (χ4v) is 6.07. The van der Waals surface area contributed by atoms with Gasteiger partial charge in [0.15, 0.2) is 11.5 Å². The van der Waals surface area contributed by atoms with Crippen molar-refractivity contribution in [3.63, 3.8) is 0 Å². The van der Waals surface area contributed by atoms with E-state index >= 15 is 0 Å². The molecule has 0 saturated carbocycles. The standard InChI is InChI=1S/C28H27N3O7S/c1-18(32)30-26(21-6-10-23(36-3)11-7-21)17-25(29-30)20-4-8-22(9-5-20)31(19(2)33)39(34,35)24-12-13-27-28(16-24)38-15-14-37-27/h4-13,16,26H,14-15,17H2,1-3H3. The van der Waals surface area contributed by atoms with Gasteiger partial charge in [-0.2, -0.15) is 5.10 Å². The summed E-state index contributed by atoms with van der Waals surface area (Å²) >= 11 is 0. The zero-order valence-corrected chi connectivity index (χ0v) is 22.5. The molecular weight excluding hydrogens is 522 g/mol. The third kappa shape index (κ3) is 5.05. The molecule has 1 unspecified atom stereocenters. The third-order valence-corrected chi connectivity index (χ3v) is 8.30. The highest BCUT2D eigenvalue weighted by Crippen LogP contribution is 2.36. The minimum atomic E-state index is -4.23. The Morgan fingerprint density at radius 1 is 0.949 bits per heavy atom. The van der Waals surface area contributed by atoms with Crippen LogP contribution in [0.5, 0.6) is 17.2 Å². The van der Waals surface area contributed by atoms with Gasteiger partial charge in [0.1, 0.15) is 19.0 Å². The lowest BCUT2D eigenvalue weighted by Crippen LogP contribution is -2.35. The van der Waals surface area contributed by atoms with Gasteiger partial charge in [0.25, 0.3) is 10.0 Å². The molecule has 2 aliphatic rings. The van der Waals surface area contributed by atoms with Crippen molar-refractivity contribution in [1.82, 2.24) is 5.01 Å². The number of anilines is 1. The fourth-order valence-electron chi connectivity index (χ4n) is 4.63. The molecule has 2 heterocycles. The van der Waals surface area contributed by atoms with Gasteiger partial charge in [-0.15, -0.1) is 0 Å². The van der Waals surface area contributed by atoms with Gasteiger partial charge in [-0.05, 0) is 47.5 Å². The highest BCUT2D eigenvalue weighted by Gasteiger charge is 2.33. The number of methoxy groups -OCH3 is 1. The number of benzene rings is 3. The van der Waals surface area contributed by atoms with Crippen LogP contribution >= 0.6 is 0 Å². The van der Waals surface area contributed by atoms with E-state index in [2.05, 4.69) is 5.10 Å². The number of fused-ring (bicyclic) bond motifs is 1. The van der Waals surface area contributed by atoms with Crippen molar-refractivity contribution in [3.8, 4) is 17.2 Å². The summed E-state index contributed by atoms with van der Waals surface area (Å²) < 4.78 is 44.0. The Kier molecular flexibility index (Phi) is 7.00. The maximum atomic E-state index is 13.5. The topological polar surface area (TPSA) is 115 Å². The van der Waals surface area contributed by atoms with E-state index in [1.807, 2.05) is 24.3 Å². The minimum Gasteiger partial charge on any atom is -0.497 e. The maximum absolute atomic E-state index is 13.5. The lowest BCUT2D eigenvalue weighted by molar-refractivity contribution is -0.130. The van der Waals surface area contributed by atoms with Crippen molar-refractivity contribution >= 4 is 33.2 Å². The molecular formula is C28H27N3O7S. The lowest BCUT2D eigenvalue weighted by Gasteiger charge is -2.23. The summed E-state index contributed by atoms with van der Waals surface area (Å²) in [6.07, 6.45) is 0.469. The van der Waals surface area contributed by atoms with Crippen LogP contribution in [0, 0.1) is 0 Å². The second-order valence-electron chi connectivity index (χ2n) is 9.04. The number of carbonyl (C=O) groups excluding carboxylic acids is 2. The number of hydrogen-bond acceptors (Lipinski definition) is 8. The maximum Gasteiger partial charge on any atom is 0.271 e. The molecule has 2 aliphatic heterocycles. The summed E-state index contributed by atoms with van der Waals surface area (Å²) in [4.78, 5) is 24.8. The van der Waals surface area contributed by atoms with E-state index < -0.39 is 15.9 Å². The highest BCUT2D eigenvalue weighted by atomic mass is 32.2. The zero-order valence-electron chi connectivity index (χ0n) is 21.7. The van der Waals surface area contributed by atoms with E-state index in [1.54, 1.807) is 31.4 Å². The molecule has 3 aromatic rings. The van der Waals surface area contributed by atoms with Gasteiger partial charge < -0.3 is 14.2 Å². The number of amides is 2. The van der Waals surface area contributed by atoms with Gasteiger partial charge in [0.05, 0.1) is 29.4 Å². The van der Waals surface area contributed by atoms with Crippen LogP contribution in [0.1, 0.15) is 37.4 Å². The molecule has 11 heteroatoms. The van der Waals surface area contributed by atoms with Crippen molar-refractivity contribution in [2.75, 3.05) is 24.6 Å². The minimum absolute atomic E-state index is 0.0920. The summed E-state index contributed by atoms with van der Waals surface area (Å²) in [5.41, 5.74) is 2.47. The van der Waals surface area contributed by atoms with E-state index in [-0.39, 0.29) is 22.5 Å². The number of carbonyl (C=O) groups is 2. The van der Waals surface area contributed by atoms with Gasteiger partial charge in [-0.1, -0.05) is 24.3 Å². The van der Waals surface area contributed by atoms with Crippen LogP contribution in [0.2, 0.25) is 0 Å². The van der Waals surface area contributed by atoms with E-state index in [4.69, 9.17) is 14.2 Å². The lowest BCUT2D eigenvalue weighted by atomic mass is 9.98. The molecule has 5 rings (SSSR count). The number of sulfonamides is 1. The van der Waals surface area contributed by atoms with Crippen LogP contribution in [0.3, 0.4) is 0 Å². The number of hydrazone groups is 1. The third-order valence-electron chi connectivity index (χ3n) is 6.51. The van der Waals surface area contributed by atoms with Crippen molar-refractivity contribution < 1.29 is 32.2 Å². The van der Waals surface area contributed by atoms with Crippen LogP contribution in [0.4, 0.5) is 5.69 Å². The Hall–Kier alpha value is -4.38. The Morgan fingerprint density at radius 3 is 2.23 bits per heavy atom. The molecule has 2 amide bonds. The van der Waals surface area contributed by atoms with Crippen LogP contribution < -0.4 is 18.5 Å². The van der Waals surface area contributed by atoms with E-state index in [1.165, 1.54) is 37.1 Å². The average Bonchev–Trinajstić information content (AvgIpc) is 3.39. The second-order valence-corrected chi connectivity index (χ2v) is 10.8. The molecule has 202 valence electrons. The smallest absolute Gasteiger partial charge is 0.271 e. The summed E-state index contributed by atoms with van der Waals surface area (Å²) in [6.45, 7) is 3.33. The summed E-state index contributed by atoms with van der Waals surface area (Å²) in [7, 11) is -2.65. The molecule has 0 saturated heterocycles. The van der Waals surface area contributed by atoms with Crippen LogP contribution in [-0.2, 0) is 19.6 Å². The summed E-state index contributed by atoms with van der Waals surface area (Å²) in [6, 6.07) is 17.9. The molecule has 10 nitrogen and oxygen atoms in total. The Labute approximate surface area is 226 Å². The second kappa shape index (κ2) is 10.4. The first kappa shape index (κ1) is 26.2. The molecule has 0 N–H and O–H groups in total. The molecule has 0 spiro atoms. The Balaban J connectivity index is 1.42. The van der Waals surface area contributed by atoms with Gasteiger partial charge in [0, 0.05) is 26.3 Å². The molecule has 0 aliphatic carbocycles. The van der Waals surface area contributed by atoms with Gasteiger partial charge in [0.2, 0.25) is 11.8 Å². The number of hydrogen-bond donors (Lipinski definition) is 0. The van der Waals surface area contributed by atoms with Crippen LogP contribution in [0.25, 0.3) is 0 Å². The van der Waals surface area contributed by atoms with E-state index in [0.29, 0.717) is 48.2 Å². The van der Waals surface area contributed by atoms with Crippen molar-refractivity contribution in [2.24, 2.45) is 5.10 Å². The number of rotatable bonds is 6. The molecule has 0 bridgehead atoms.